The zero-order chi connectivity index (χ0) is 17.9. The van der Waals surface area contributed by atoms with Gasteiger partial charge in [-0.05, 0) is 43.0 Å². The first-order chi connectivity index (χ1) is 11.2. The Kier molecular flexibility index (Phi) is 5.40. The number of rotatable bonds is 6. The van der Waals surface area contributed by atoms with Crippen molar-refractivity contribution >= 4 is 26.8 Å². The second kappa shape index (κ2) is 7.14. The Morgan fingerprint density at radius 2 is 2.00 bits per heavy atom. The summed E-state index contributed by atoms with van der Waals surface area (Å²) in [6, 6.07) is 7.31. The average molecular weight is 351 g/mol. The predicted molar refractivity (Wildman–Crippen MR) is 92.3 cm³/mol. The van der Waals surface area contributed by atoms with Crippen LogP contribution in [0.3, 0.4) is 0 Å². The Bertz CT molecular complexity index is 905. The van der Waals surface area contributed by atoms with Crippen LogP contribution in [0.1, 0.15) is 20.3 Å². The lowest BCUT2D eigenvalue weighted by Crippen LogP contribution is -2.41. The first-order valence-corrected chi connectivity index (χ1v) is 9.07. The first kappa shape index (κ1) is 18.2. The van der Waals surface area contributed by atoms with Crippen LogP contribution in [-0.4, -0.2) is 43.2 Å². The Labute approximate surface area is 140 Å². The number of pyridine rings is 1. The van der Waals surface area contributed by atoms with Gasteiger partial charge in [0.2, 0.25) is 21.5 Å². The summed E-state index contributed by atoms with van der Waals surface area (Å²) in [5.74, 6) is -0.347. The number of likely N-dealkylation sites (N-methyl/N-ethyl adjacent to an activating group) is 1. The summed E-state index contributed by atoms with van der Waals surface area (Å²) in [5, 5.41) is 3.34. The molecular weight excluding hydrogens is 330 g/mol. The van der Waals surface area contributed by atoms with Crippen molar-refractivity contribution in [2.75, 3.05) is 13.6 Å². The lowest BCUT2D eigenvalue weighted by Gasteiger charge is -2.18. The molecule has 0 saturated heterocycles. The molecule has 0 radical (unpaired) electrons. The molecule has 130 valence electrons. The van der Waals surface area contributed by atoms with E-state index in [0.29, 0.717) is 10.9 Å². The van der Waals surface area contributed by atoms with Crippen LogP contribution in [0.25, 0.3) is 10.9 Å². The molecule has 1 amide bonds. The largest absolute Gasteiger partial charge is 0.353 e. The highest BCUT2D eigenvalue weighted by atomic mass is 32.2. The minimum atomic E-state index is -3.80. The van der Waals surface area contributed by atoms with Gasteiger partial charge in [0.1, 0.15) is 0 Å². The summed E-state index contributed by atoms with van der Waals surface area (Å²) < 4.78 is 26.2. The molecule has 1 atom stereocenters. The molecule has 24 heavy (non-hydrogen) atoms. The molecule has 0 aliphatic carbocycles. The number of carbonyl (C=O) groups is 1. The lowest BCUT2D eigenvalue weighted by molar-refractivity contribution is -0.121. The van der Waals surface area contributed by atoms with Gasteiger partial charge in [-0.2, -0.15) is 4.31 Å². The number of sulfonamides is 1. The van der Waals surface area contributed by atoms with Gasteiger partial charge in [-0.1, -0.05) is 6.92 Å². The molecule has 0 aliphatic rings. The summed E-state index contributed by atoms with van der Waals surface area (Å²) in [6.45, 7) is 3.54. The van der Waals surface area contributed by atoms with E-state index in [0.717, 1.165) is 10.7 Å². The topological polar surface area (TPSA) is 99.3 Å². The van der Waals surface area contributed by atoms with Crippen LogP contribution in [0.4, 0.5) is 0 Å². The molecule has 0 bridgehead atoms. The number of carbonyl (C=O) groups excluding carboxylic acids is 1. The first-order valence-electron chi connectivity index (χ1n) is 7.63. The number of aromatic nitrogens is 1. The van der Waals surface area contributed by atoms with E-state index in [-0.39, 0.29) is 28.9 Å². The smallest absolute Gasteiger partial charge is 0.248 e. The van der Waals surface area contributed by atoms with Crippen LogP contribution in [-0.2, 0) is 14.8 Å². The molecule has 8 heteroatoms. The summed E-state index contributed by atoms with van der Waals surface area (Å²) in [7, 11) is -2.43. The third-order valence-electron chi connectivity index (χ3n) is 3.79. The van der Waals surface area contributed by atoms with Crippen molar-refractivity contribution in [2.24, 2.45) is 0 Å². The molecule has 1 heterocycles. The molecule has 2 N–H and O–H groups in total. The van der Waals surface area contributed by atoms with Crippen molar-refractivity contribution in [3.63, 3.8) is 0 Å². The molecule has 2 aromatic rings. The third-order valence-corrected chi connectivity index (χ3v) is 5.59. The summed E-state index contributed by atoms with van der Waals surface area (Å²) in [5.41, 5.74) is 0.301. The molecule has 1 unspecified atom stereocenters. The number of nitrogens with zero attached hydrogens (tertiary/aromatic N) is 1. The van der Waals surface area contributed by atoms with Crippen LogP contribution in [0, 0.1) is 0 Å². The molecule has 0 fully saturated rings. The van der Waals surface area contributed by atoms with Crippen molar-refractivity contribution in [3.05, 3.63) is 40.7 Å². The van der Waals surface area contributed by atoms with Gasteiger partial charge < -0.3 is 10.3 Å². The van der Waals surface area contributed by atoms with Crippen LogP contribution in [0.2, 0.25) is 0 Å². The number of nitrogens with one attached hydrogen (secondary N) is 2. The maximum absolute atomic E-state index is 12.6. The van der Waals surface area contributed by atoms with Crippen LogP contribution in [0.5, 0.6) is 0 Å². The van der Waals surface area contributed by atoms with Gasteiger partial charge in [0.25, 0.3) is 0 Å². The van der Waals surface area contributed by atoms with Gasteiger partial charge in [0.15, 0.2) is 0 Å². The van der Waals surface area contributed by atoms with E-state index in [1.165, 1.54) is 31.3 Å². The molecular formula is C16H21N3O4S. The number of benzene rings is 1. The average Bonchev–Trinajstić information content (AvgIpc) is 2.53. The van der Waals surface area contributed by atoms with E-state index in [9.17, 15) is 18.0 Å². The van der Waals surface area contributed by atoms with Gasteiger partial charge in [-0.3, -0.25) is 9.59 Å². The molecule has 7 nitrogen and oxygen atoms in total. The Hall–Kier alpha value is -2.19. The summed E-state index contributed by atoms with van der Waals surface area (Å²) in [6.07, 6.45) is 0.769. The Balaban J connectivity index is 2.24. The Morgan fingerprint density at radius 3 is 2.67 bits per heavy atom. The number of fused-ring (bicyclic) bond motifs is 1. The number of hydrogen-bond donors (Lipinski definition) is 2. The molecule has 2 rings (SSSR count). The SMILES string of the molecule is CCC(C)NC(=O)CN(C)S(=O)(=O)c1ccc2[nH]c(=O)ccc2c1. The van der Waals surface area contributed by atoms with Gasteiger partial charge in [0, 0.05) is 24.7 Å². The number of amides is 1. The maximum atomic E-state index is 12.6. The fraction of sp³-hybridized carbons (Fsp3) is 0.375. The zero-order valence-corrected chi connectivity index (χ0v) is 14.7. The molecule has 1 aromatic heterocycles. The number of H-pyrrole nitrogens is 1. The van der Waals surface area contributed by atoms with Gasteiger partial charge in [-0.15, -0.1) is 0 Å². The van der Waals surface area contributed by atoms with Crippen molar-refractivity contribution in [3.8, 4) is 0 Å². The van der Waals surface area contributed by atoms with Crippen molar-refractivity contribution < 1.29 is 13.2 Å². The van der Waals surface area contributed by atoms with Crippen molar-refractivity contribution in [1.29, 1.82) is 0 Å². The highest BCUT2D eigenvalue weighted by Crippen LogP contribution is 2.19. The highest BCUT2D eigenvalue weighted by Gasteiger charge is 2.23. The molecule has 1 aromatic carbocycles. The lowest BCUT2D eigenvalue weighted by atomic mass is 10.2. The van der Waals surface area contributed by atoms with E-state index in [1.807, 2.05) is 13.8 Å². The second-order valence-electron chi connectivity index (χ2n) is 5.71. The van der Waals surface area contributed by atoms with Crippen LogP contribution in [0.15, 0.2) is 40.0 Å². The maximum Gasteiger partial charge on any atom is 0.248 e. The van der Waals surface area contributed by atoms with E-state index >= 15 is 0 Å². The van der Waals surface area contributed by atoms with E-state index in [1.54, 1.807) is 6.07 Å². The van der Waals surface area contributed by atoms with Gasteiger partial charge in [-0.25, -0.2) is 8.42 Å². The minimum Gasteiger partial charge on any atom is -0.353 e. The van der Waals surface area contributed by atoms with E-state index in [2.05, 4.69) is 10.3 Å². The van der Waals surface area contributed by atoms with Crippen LogP contribution >= 0.6 is 0 Å². The normalized spacial score (nSPS) is 13.2. The molecule has 0 spiro atoms. The van der Waals surface area contributed by atoms with Crippen molar-refractivity contribution in [1.82, 2.24) is 14.6 Å². The van der Waals surface area contributed by atoms with E-state index in [4.69, 9.17) is 0 Å². The molecule has 0 aliphatic heterocycles. The summed E-state index contributed by atoms with van der Waals surface area (Å²) >= 11 is 0. The molecule has 0 saturated carbocycles. The fourth-order valence-corrected chi connectivity index (χ4v) is 3.35. The fourth-order valence-electron chi connectivity index (χ4n) is 2.18. The monoisotopic (exact) mass is 351 g/mol. The summed E-state index contributed by atoms with van der Waals surface area (Å²) in [4.78, 5) is 25.9. The van der Waals surface area contributed by atoms with Gasteiger partial charge >= 0.3 is 0 Å². The van der Waals surface area contributed by atoms with E-state index < -0.39 is 10.0 Å². The number of aromatic amines is 1. The second-order valence-corrected chi connectivity index (χ2v) is 7.75. The zero-order valence-electron chi connectivity index (χ0n) is 13.9. The third kappa shape index (κ3) is 4.01. The minimum absolute atomic E-state index is 0.00824. The van der Waals surface area contributed by atoms with Crippen LogP contribution < -0.4 is 10.9 Å². The predicted octanol–water partition coefficient (Wildman–Crippen LogP) is 1.06. The Morgan fingerprint density at radius 1 is 1.29 bits per heavy atom. The standard InChI is InChI=1S/C16H21N3O4S/c1-4-11(2)17-16(21)10-19(3)24(22,23)13-6-7-14-12(9-13)5-8-15(20)18-14/h5-9,11H,4,10H2,1-3H3,(H,17,21)(H,18,20). The van der Waals surface area contributed by atoms with Crippen molar-refractivity contribution in [2.45, 2.75) is 31.2 Å². The van der Waals surface area contributed by atoms with Gasteiger partial charge in [0.05, 0.1) is 11.4 Å². The number of hydrogen-bond acceptors (Lipinski definition) is 4. The highest BCUT2D eigenvalue weighted by molar-refractivity contribution is 7.89. The quantitative estimate of drug-likeness (QED) is 0.813.